The Labute approximate surface area is 192 Å². The number of nitrogens with zero attached hydrogens (tertiary/aromatic N) is 2. The molecule has 0 radical (unpaired) electrons. The van der Waals surface area contributed by atoms with Crippen molar-refractivity contribution in [3.63, 3.8) is 0 Å². The quantitative estimate of drug-likeness (QED) is 0.493. The van der Waals surface area contributed by atoms with E-state index in [9.17, 15) is 4.79 Å². The largest absolute Gasteiger partial charge is 0.484 e. The fourth-order valence-corrected chi connectivity index (χ4v) is 3.99. The van der Waals surface area contributed by atoms with Crippen LogP contribution in [0.15, 0.2) is 59.0 Å². The molecule has 162 valence electrons. The van der Waals surface area contributed by atoms with Crippen molar-refractivity contribution >= 4 is 29.1 Å². The summed E-state index contributed by atoms with van der Waals surface area (Å²) in [6.07, 6.45) is 0. The lowest BCUT2D eigenvalue weighted by Gasteiger charge is -2.34. The van der Waals surface area contributed by atoms with Gasteiger partial charge < -0.3 is 14.1 Å². The van der Waals surface area contributed by atoms with Crippen LogP contribution in [-0.4, -0.2) is 41.9 Å². The SMILES string of the molecule is Cc1ccc(CN2CCN(C(=O)c3ccc(COc4ccc(Cl)cc4Cl)o3)CC2)cc1. The molecule has 1 aromatic heterocycles. The van der Waals surface area contributed by atoms with E-state index in [0.29, 0.717) is 40.4 Å². The monoisotopic (exact) mass is 458 g/mol. The molecular formula is C24H24Cl2N2O3. The number of aryl methyl sites for hydroxylation is 1. The topological polar surface area (TPSA) is 45.9 Å². The average molecular weight is 459 g/mol. The minimum Gasteiger partial charge on any atom is -0.484 e. The van der Waals surface area contributed by atoms with Crippen molar-refractivity contribution in [2.45, 2.75) is 20.1 Å². The molecule has 3 aromatic rings. The second-order valence-corrected chi connectivity index (χ2v) is 8.53. The van der Waals surface area contributed by atoms with E-state index in [1.54, 1.807) is 30.3 Å². The Morgan fingerprint density at radius 2 is 1.74 bits per heavy atom. The third-order valence-electron chi connectivity index (χ3n) is 5.32. The van der Waals surface area contributed by atoms with Gasteiger partial charge in [-0.3, -0.25) is 9.69 Å². The van der Waals surface area contributed by atoms with Gasteiger partial charge in [0.15, 0.2) is 5.76 Å². The lowest BCUT2D eigenvalue weighted by molar-refractivity contribution is 0.0594. The lowest BCUT2D eigenvalue weighted by atomic mass is 10.1. The minimum absolute atomic E-state index is 0.0919. The average Bonchev–Trinajstić information content (AvgIpc) is 3.24. The Balaban J connectivity index is 1.28. The molecular weight excluding hydrogens is 435 g/mol. The van der Waals surface area contributed by atoms with Gasteiger partial charge in [0, 0.05) is 37.7 Å². The molecule has 1 fully saturated rings. The molecule has 0 saturated carbocycles. The highest BCUT2D eigenvalue weighted by Gasteiger charge is 2.24. The summed E-state index contributed by atoms with van der Waals surface area (Å²) in [5.74, 6) is 1.31. The zero-order chi connectivity index (χ0) is 21.8. The Kier molecular flexibility index (Phi) is 6.86. The summed E-state index contributed by atoms with van der Waals surface area (Å²) in [5.41, 5.74) is 2.56. The first-order chi connectivity index (χ1) is 15.0. The van der Waals surface area contributed by atoms with Crippen LogP contribution in [0.5, 0.6) is 5.75 Å². The number of furan rings is 1. The fourth-order valence-electron chi connectivity index (χ4n) is 3.53. The van der Waals surface area contributed by atoms with Crippen molar-refractivity contribution in [2.75, 3.05) is 26.2 Å². The number of carbonyl (C=O) groups is 1. The van der Waals surface area contributed by atoms with Gasteiger partial charge in [0.05, 0.1) is 5.02 Å². The van der Waals surface area contributed by atoms with Gasteiger partial charge in [-0.2, -0.15) is 0 Å². The number of amides is 1. The number of hydrogen-bond acceptors (Lipinski definition) is 4. The van der Waals surface area contributed by atoms with Crippen molar-refractivity contribution in [1.82, 2.24) is 9.80 Å². The summed E-state index contributed by atoms with van der Waals surface area (Å²) in [4.78, 5) is 17.0. The second kappa shape index (κ2) is 9.77. The molecule has 4 rings (SSSR count). The first-order valence-electron chi connectivity index (χ1n) is 10.2. The van der Waals surface area contributed by atoms with Crippen molar-refractivity contribution < 1.29 is 13.9 Å². The van der Waals surface area contributed by atoms with E-state index in [-0.39, 0.29) is 12.5 Å². The number of piperazine rings is 1. The predicted molar refractivity (Wildman–Crippen MR) is 122 cm³/mol. The number of rotatable bonds is 6. The number of benzene rings is 2. The normalized spacial score (nSPS) is 14.6. The summed E-state index contributed by atoms with van der Waals surface area (Å²) in [6, 6.07) is 17.1. The number of carbonyl (C=O) groups excluding carboxylic acids is 1. The molecule has 7 heteroatoms. The van der Waals surface area contributed by atoms with Crippen molar-refractivity contribution in [3.05, 3.63) is 87.3 Å². The summed E-state index contributed by atoms with van der Waals surface area (Å²) in [5, 5.41) is 0.973. The van der Waals surface area contributed by atoms with Gasteiger partial charge in [0.25, 0.3) is 5.91 Å². The van der Waals surface area contributed by atoms with Gasteiger partial charge >= 0.3 is 0 Å². The highest BCUT2D eigenvalue weighted by molar-refractivity contribution is 6.35. The van der Waals surface area contributed by atoms with Crippen LogP contribution >= 0.6 is 23.2 Å². The standard InChI is InChI=1S/C24H24Cl2N2O3/c1-17-2-4-18(5-3-17)15-27-10-12-28(13-11-27)24(29)23-9-7-20(31-23)16-30-22-8-6-19(25)14-21(22)26/h2-9,14H,10-13,15-16H2,1H3. The van der Waals surface area contributed by atoms with E-state index >= 15 is 0 Å². The first kappa shape index (κ1) is 21.8. The molecule has 0 spiro atoms. The number of ether oxygens (including phenoxy) is 1. The van der Waals surface area contributed by atoms with E-state index in [1.165, 1.54) is 11.1 Å². The molecule has 2 aromatic carbocycles. The van der Waals surface area contributed by atoms with Gasteiger partial charge in [0.2, 0.25) is 0 Å². The molecule has 1 aliphatic heterocycles. The zero-order valence-corrected chi connectivity index (χ0v) is 18.8. The highest BCUT2D eigenvalue weighted by atomic mass is 35.5. The van der Waals surface area contributed by atoms with E-state index in [1.807, 2.05) is 4.90 Å². The van der Waals surface area contributed by atoms with Crippen LogP contribution in [0.4, 0.5) is 0 Å². The maximum Gasteiger partial charge on any atom is 0.289 e. The van der Waals surface area contributed by atoms with Crippen LogP contribution in [0, 0.1) is 6.92 Å². The van der Waals surface area contributed by atoms with Crippen molar-refractivity contribution in [1.29, 1.82) is 0 Å². The maximum absolute atomic E-state index is 12.8. The third kappa shape index (κ3) is 5.62. The van der Waals surface area contributed by atoms with Crippen LogP contribution in [0.3, 0.4) is 0 Å². The maximum atomic E-state index is 12.8. The van der Waals surface area contributed by atoms with Gasteiger partial charge in [0.1, 0.15) is 18.1 Å². The first-order valence-corrected chi connectivity index (χ1v) is 11.0. The molecule has 0 unspecified atom stereocenters. The lowest BCUT2D eigenvalue weighted by Crippen LogP contribution is -2.48. The number of halogens is 2. The Morgan fingerprint density at radius 1 is 1.00 bits per heavy atom. The zero-order valence-electron chi connectivity index (χ0n) is 17.3. The molecule has 1 saturated heterocycles. The Bertz CT molecular complexity index is 1040. The molecule has 1 aliphatic rings. The van der Waals surface area contributed by atoms with E-state index < -0.39 is 0 Å². The van der Waals surface area contributed by atoms with Crippen LogP contribution in [0.1, 0.15) is 27.4 Å². The number of hydrogen-bond donors (Lipinski definition) is 0. The third-order valence-corrected chi connectivity index (χ3v) is 5.85. The van der Waals surface area contributed by atoms with E-state index in [0.717, 1.165) is 19.6 Å². The van der Waals surface area contributed by atoms with Gasteiger partial charge in [-0.05, 0) is 42.8 Å². The molecule has 0 atom stereocenters. The van der Waals surface area contributed by atoms with Gasteiger partial charge in [-0.15, -0.1) is 0 Å². The predicted octanol–water partition coefficient (Wildman–Crippen LogP) is 5.43. The Morgan fingerprint density at radius 3 is 2.45 bits per heavy atom. The fraction of sp³-hybridized carbons (Fsp3) is 0.292. The molecule has 31 heavy (non-hydrogen) atoms. The summed E-state index contributed by atoms with van der Waals surface area (Å²) >= 11 is 12.0. The van der Waals surface area contributed by atoms with Crippen molar-refractivity contribution in [2.24, 2.45) is 0 Å². The van der Waals surface area contributed by atoms with Crippen molar-refractivity contribution in [3.8, 4) is 5.75 Å². The van der Waals surface area contributed by atoms with Gasteiger partial charge in [-0.25, -0.2) is 0 Å². The summed E-state index contributed by atoms with van der Waals surface area (Å²) in [6.45, 7) is 6.20. The highest BCUT2D eigenvalue weighted by Crippen LogP contribution is 2.28. The van der Waals surface area contributed by atoms with E-state index in [4.69, 9.17) is 32.4 Å². The molecule has 0 bridgehead atoms. The molecule has 0 aliphatic carbocycles. The smallest absolute Gasteiger partial charge is 0.289 e. The molecule has 5 nitrogen and oxygen atoms in total. The molecule has 1 amide bonds. The molecule has 2 heterocycles. The van der Waals surface area contributed by atoms with Crippen LogP contribution in [0.25, 0.3) is 0 Å². The Hall–Kier alpha value is -2.47. The summed E-state index contributed by atoms with van der Waals surface area (Å²) < 4.78 is 11.4. The van der Waals surface area contributed by atoms with E-state index in [2.05, 4.69) is 36.1 Å². The van der Waals surface area contributed by atoms with Crippen LogP contribution in [-0.2, 0) is 13.2 Å². The van der Waals surface area contributed by atoms with Crippen LogP contribution < -0.4 is 4.74 Å². The van der Waals surface area contributed by atoms with Crippen LogP contribution in [0.2, 0.25) is 10.0 Å². The molecule has 0 N–H and O–H groups in total. The second-order valence-electron chi connectivity index (χ2n) is 7.68. The summed E-state index contributed by atoms with van der Waals surface area (Å²) in [7, 11) is 0. The minimum atomic E-state index is -0.0919. The van der Waals surface area contributed by atoms with Gasteiger partial charge in [-0.1, -0.05) is 53.0 Å².